The smallest absolute Gasteiger partial charge is 0.119 e. The van der Waals surface area contributed by atoms with Gasteiger partial charge in [-0.15, -0.1) is 11.8 Å². The third-order valence-electron chi connectivity index (χ3n) is 2.78. The van der Waals surface area contributed by atoms with E-state index in [0.717, 1.165) is 32.2 Å². The van der Waals surface area contributed by atoms with E-state index in [2.05, 4.69) is 14.3 Å². The highest BCUT2D eigenvalue weighted by atomic mass is 32.2. The van der Waals surface area contributed by atoms with E-state index in [0.29, 0.717) is 0 Å². The van der Waals surface area contributed by atoms with Crippen LogP contribution in [-0.4, -0.2) is 27.7 Å². The summed E-state index contributed by atoms with van der Waals surface area (Å²) in [6.45, 7) is 0. The SMILES string of the molecule is COc1ccc(-c2nsc3c(SC)ncnc23)cc1. The number of rotatable bonds is 3. The molecule has 0 aliphatic carbocycles. The van der Waals surface area contributed by atoms with Gasteiger partial charge in [0.05, 0.1) is 7.11 Å². The standard InChI is InChI=1S/C13H11N3OS2/c1-17-9-5-3-8(4-6-9)10-11-12(19-16-10)13(18-2)15-7-14-11/h3-7H,1-2H3. The van der Waals surface area contributed by atoms with E-state index in [1.807, 2.05) is 30.5 Å². The van der Waals surface area contributed by atoms with Gasteiger partial charge < -0.3 is 4.74 Å². The Labute approximate surface area is 119 Å². The molecule has 19 heavy (non-hydrogen) atoms. The van der Waals surface area contributed by atoms with Crippen molar-refractivity contribution < 1.29 is 4.74 Å². The van der Waals surface area contributed by atoms with Gasteiger partial charge in [-0.2, -0.15) is 4.37 Å². The zero-order valence-corrected chi connectivity index (χ0v) is 12.1. The van der Waals surface area contributed by atoms with E-state index in [1.54, 1.807) is 25.2 Å². The Balaban J connectivity index is 2.14. The first-order valence-corrected chi connectivity index (χ1v) is 7.62. The summed E-state index contributed by atoms with van der Waals surface area (Å²) in [6.07, 6.45) is 3.60. The van der Waals surface area contributed by atoms with Crippen molar-refractivity contribution in [2.75, 3.05) is 13.4 Å². The highest BCUT2D eigenvalue weighted by molar-refractivity contribution is 7.98. The third-order valence-corrected chi connectivity index (χ3v) is 4.45. The molecular formula is C13H11N3OS2. The number of aromatic nitrogens is 3. The molecule has 0 N–H and O–H groups in total. The molecule has 0 bridgehead atoms. The first kappa shape index (κ1) is 12.4. The Morgan fingerprint density at radius 2 is 1.95 bits per heavy atom. The molecule has 1 aromatic carbocycles. The summed E-state index contributed by atoms with van der Waals surface area (Å²) >= 11 is 3.06. The first-order chi connectivity index (χ1) is 9.33. The second kappa shape index (κ2) is 5.14. The van der Waals surface area contributed by atoms with Crippen molar-refractivity contribution in [1.82, 2.24) is 14.3 Å². The first-order valence-electron chi connectivity index (χ1n) is 5.62. The average molecular weight is 289 g/mol. The molecule has 2 aromatic heterocycles. The normalized spacial score (nSPS) is 10.8. The predicted octanol–water partition coefficient (Wildman–Crippen LogP) is 3.48. The minimum absolute atomic E-state index is 0.836. The lowest BCUT2D eigenvalue weighted by Gasteiger charge is -2.01. The van der Waals surface area contributed by atoms with Crippen molar-refractivity contribution in [2.24, 2.45) is 0 Å². The minimum atomic E-state index is 0.836. The quantitative estimate of drug-likeness (QED) is 0.545. The van der Waals surface area contributed by atoms with Gasteiger partial charge in [0.1, 0.15) is 33.0 Å². The molecule has 96 valence electrons. The van der Waals surface area contributed by atoms with Gasteiger partial charge >= 0.3 is 0 Å². The zero-order valence-electron chi connectivity index (χ0n) is 10.5. The lowest BCUT2D eigenvalue weighted by Crippen LogP contribution is -1.86. The molecule has 0 spiro atoms. The van der Waals surface area contributed by atoms with Gasteiger partial charge in [0, 0.05) is 5.56 Å². The Morgan fingerprint density at radius 3 is 2.63 bits per heavy atom. The molecule has 4 nitrogen and oxygen atoms in total. The average Bonchev–Trinajstić information content (AvgIpc) is 2.91. The minimum Gasteiger partial charge on any atom is -0.497 e. The summed E-state index contributed by atoms with van der Waals surface area (Å²) in [5, 5.41) is 0.974. The van der Waals surface area contributed by atoms with Crippen LogP contribution in [0.3, 0.4) is 0 Å². The summed E-state index contributed by atoms with van der Waals surface area (Å²) in [6, 6.07) is 7.84. The van der Waals surface area contributed by atoms with Crippen LogP contribution in [0.25, 0.3) is 21.5 Å². The maximum atomic E-state index is 5.16. The van der Waals surface area contributed by atoms with Crippen molar-refractivity contribution >= 4 is 33.5 Å². The molecule has 0 atom stereocenters. The Bertz CT molecular complexity index is 709. The second-order valence-electron chi connectivity index (χ2n) is 3.82. The molecule has 0 radical (unpaired) electrons. The highest BCUT2D eigenvalue weighted by Gasteiger charge is 2.13. The monoisotopic (exact) mass is 289 g/mol. The lowest BCUT2D eigenvalue weighted by atomic mass is 10.1. The summed E-state index contributed by atoms with van der Waals surface area (Å²) in [7, 11) is 1.66. The largest absolute Gasteiger partial charge is 0.497 e. The number of benzene rings is 1. The molecule has 0 amide bonds. The number of nitrogens with zero attached hydrogens (tertiary/aromatic N) is 3. The fourth-order valence-electron chi connectivity index (χ4n) is 1.83. The fourth-order valence-corrected chi connectivity index (χ4v) is 3.36. The van der Waals surface area contributed by atoms with Gasteiger partial charge in [0.15, 0.2) is 0 Å². The molecule has 0 aliphatic heterocycles. The van der Waals surface area contributed by atoms with Crippen LogP contribution in [0.15, 0.2) is 35.6 Å². The fraction of sp³-hybridized carbons (Fsp3) is 0.154. The van der Waals surface area contributed by atoms with E-state index in [-0.39, 0.29) is 0 Å². The van der Waals surface area contributed by atoms with Crippen LogP contribution in [0, 0.1) is 0 Å². The maximum absolute atomic E-state index is 5.16. The van der Waals surface area contributed by atoms with Crippen molar-refractivity contribution in [3.63, 3.8) is 0 Å². The summed E-state index contributed by atoms with van der Waals surface area (Å²) in [5.41, 5.74) is 2.85. The molecule has 6 heteroatoms. The van der Waals surface area contributed by atoms with Gasteiger partial charge in [0.2, 0.25) is 0 Å². The van der Waals surface area contributed by atoms with E-state index in [9.17, 15) is 0 Å². The number of hydrogen-bond donors (Lipinski definition) is 0. The summed E-state index contributed by atoms with van der Waals surface area (Å²) < 4.78 is 10.7. The summed E-state index contributed by atoms with van der Waals surface area (Å²) in [4.78, 5) is 8.62. The number of methoxy groups -OCH3 is 1. The maximum Gasteiger partial charge on any atom is 0.119 e. The van der Waals surface area contributed by atoms with E-state index < -0.39 is 0 Å². The molecule has 0 fully saturated rings. The highest BCUT2D eigenvalue weighted by Crippen LogP contribution is 2.33. The van der Waals surface area contributed by atoms with Gasteiger partial charge in [0.25, 0.3) is 0 Å². The van der Waals surface area contributed by atoms with Crippen molar-refractivity contribution in [2.45, 2.75) is 5.03 Å². The number of thioether (sulfide) groups is 1. The van der Waals surface area contributed by atoms with Crippen LogP contribution in [-0.2, 0) is 0 Å². The van der Waals surface area contributed by atoms with Gasteiger partial charge in [-0.3, -0.25) is 0 Å². The molecular weight excluding hydrogens is 278 g/mol. The van der Waals surface area contributed by atoms with E-state index in [1.165, 1.54) is 11.5 Å². The lowest BCUT2D eigenvalue weighted by molar-refractivity contribution is 0.415. The van der Waals surface area contributed by atoms with E-state index >= 15 is 0 Å². The molecule has 0 saturated carbocycles. The third kappa shape index (κ3) is 2.17. The number of fused-ring (bicyclic) bond motifs is 1. The van der Waals surface area contributed by atoms with Crippen LogP contribution >= 0.6 is 23.3 Å². The number of ether oxygens (including phenoxy) is 1. The number of hydrogen-bond acceptors (Lipinski definition) is 6. The molecule has 0 aliphatic rings. The molecule has 3 rings (SSSR count). The Morgan fingerprint density at radius 1 is 1.16 bits per heavy atom. The van der Waals surface area contributed by atoms with Crippen LogP contribution in [0.4, 0.5) is 0 Å². The Kier molecular flexibility index (Phi) is 3.35. The van der Waals surface area contributed by atoms with Crippen molar-refractivity contribution in [3.8, 4) is 17.0 Å². The molecule has 0 unspecified atom stereocenters. The van der Waals surface area contributed by atoms with Gasteiger partial charge in [-0.25, -0.2) is 9.97 Å². The molecule has 2 heterocycles. The van der Waals surface area contributed by atoms with Crippen LogP contribution < -0.4 is 4.74 Å². The van der Waals surface area contributed by atoms with Gasteiger partial charge in [-0.1, -0.05) is 0 Å². The van der Waals surface area contributed by atoms with E-state index in [4.69, 9.17) is 4.74 Å². The van der Waals surface area contributed by atoms with Crippen LogP contribution in [0.5, 0.6) is 5.75 Å². The van der Waals surface area contributed by atoms with Crippen molar-refractivity contribution in [1.29, 1.82) is 0 Å². The Hall–Kier alpha value is -1.66. The molecule has 0 saturated heterocycles. The topological polar surface area (TPSA) is 47.9 Å². The molecule has 3 aromatic rings. The van der Waals surface area contributed by atoms with Crippen LogP contribution in [0.2, 0.25) is 0 Å². The van der Waals surface area contributed by atoms with Crippen molar-refractivity contribution in [3.05, 3.63) is 30.6 Å². The second-order valence-corrected chi connectivity index (χ2v) is 5.39. The summed E-state index contributed by atoms with van der Waals surface area (Å²) in [5.74, 6) is 0.836. The van der Waals surface area contributed by atoms with Gasteiger partial charge in [-0.05, 0) is 42.1 Å². The van der Waals surface area contributed by atoms with Crippen LogP contribution in [0.1, 0.15) is 0 Å². The predicted molar refractivity (Wildman–Crippen MR) is 79.0 cm³/mol. The zero-order chi connectivity index (χ0) is 13.2.